The summed E-state index contributed by atoms with van der Waals surface area (Å²) < 4.78 is 6.33. The van der Waals surface area contributed by atoms with Crippen LogP contribution in [0, 0.1) is 0 Å². The van der Waals surface area contributed by atoms with E-state index in [-0.39, 0.29) is 0 Å². The smallest absolute Gasteiger partial charge is 0.0934 e. The molecule has 1 aromatic heterocycles. The maximum Gasteiger partial charge on any atom is 0.0934 e. The summed E-state index contributed by atoms with van der Waals surface area (Å²) in [5, 5.41) is 3.64. The number of nitrogens with one attached hydrogen (secondary N) is 1. The number of hydrogen-bond acceptors (Lipinski definition) is 2. The van der Waals surface area contributed by atoms with Crippen LogP contribution in [0.4, 0.5) is 0 Å². The molecule has 3 rings (SSSR count). The van der Waals surface area contributed by atoms with Crippen molar-refractivity contribution in [2.24, 2.45) is 0 Å². The van der Waals surface area contributed by atoms with E-state index in [4.69, 9.17) is 4.42 Å². The number of furan rings is 1. The van der Waals surface area contributed by atoms with E-state index in [1.165, 1.54) is 24.0 Å². The highest BCUT2D eigenvalue weighted by Crippen LogP contribution is 2.26. The monoisotopic (exact) mass is 319 g/mol. The second-order valence-corrected chi connectivity index (χ2v) is 6.19. The maximum atomic E-state index is 5.18. The Bertz CT molecular complexity index is 519. The van der Waals surface area contributed by atoms with Gasteiger partial charge in [-0.2, -0.15) is 0 Å². The summed E-state index contributed by atoms with van der Waals surface area (Å²) in [5.74, 6) is 0.496. The molecule has 0 amide bonds. The van der Waals surface area contributed by atoms with Crippen LogP contribution >= 0.6 is 15.9 Å². The lowest BCUT2D eigenvalue weighted by atomic mass is 9.93. The van der Waals surface area contributed by atoms with E-state index in [2.05, 4.69) is 51.6 Å². The standard InChI is InChI=1S/C16H18BrNO/c17-15-3-1-2-13(9-15)14(10-18-16-4-5-16)8-12-6-7-19-11-12/h1-3,6-7,9,11,14,16,18H,4-5,8,10H2. The highest BCUT2D eigenvalue weighted by atomic mass is 79.9. The first-order valence-electron chi connectivity index (χ1n) is 6.81. The van der Waals surface area contributed by atoms with Crippen molar-refractivity contribution in [1.82, 2.24) is 5.32 Å². The molecule has 19 heavy (non-hydrogen) atoms. The van der Waals surface area contributed by atoms with Crippen molar-refractivity contribution >= 4 is 15.9 Å². The first kappa shape index (κ1) is 12.9. The van der Waals surface area contributed by atoms with Crippen LogP contribution in [0.5, 0.6) is 0 Å². The number of hydrogen-bond donors (Lipinski definition) is 1. The van der Waals surface area contributed by atoms with Crippen molar-refractivity contribution in [1.29, 1.82) is 0 Å². The van der Waals surface area contributed by atoms with Crippen LogP contribution in [-0.2, 0) is 6.42 Å². The summed E-state index contributed by atoms with van der Waals surface area (Å²) in [7, 11) is 0. The largest absolute Gasteiger partial charge is 0.472 e. The van der Waals surface area contributed by atoms with E-state index < -0.39 is 0 Å². The van der Waals surface area contributed by atoms with Gasteiger partial charge in [-0.15, -0.1) is 0 Å². The molecule has 1 N–H and O–H groups in total. The summed E-state index contributed by atoms with van der Waals surface area (Å²) >= 11 is 3.56. The predicted octanol–water partition coefficient (Wildman–Crippen LogP) is 4.12. The molecule has 0 radical (unpaired) electrons. The van der Waals surface area contributed by atoms with E-state index in [1.54, 1.807) is 6.26 Å². The molecule has 2 aromatic rings. The molecule has 0 aliphatic heterocycles. The minimum Gasteiger partial charge on any atom is -0.472 e. The van der Waals surface area contributed by atoms with Gasteiger partial charge in [-0.25, -0.2) is 0 Å². The zero-order valence-corrected chi connectivity index (χ0v) is 12.4. The van der Waals surface area contributed by atoms with Gasteiger partial charge < -0.3 is 9.73 Å². The predicted molar refractivity (Wildman–Crippen MR) is 80.3 cm³/mol. The molecule has 1 saturated carbocycles. The summed E-state index contributed by atoms with van der Waals surface area (Å²) in [4.78, 5) is 0. The molecule has 1 heterocycles. The molecule has 1 atom stereocenters. The van der Waals surface area contributed by atoms with Crippen molar-refractivity contribution in [2.75, 3.05) is 6.54 Å². The highest BCUT2D eigenvalue weighted by Gasteiger charge is 2.22. The molecule has 100 valence electrons. The average molecular weight is 320 g/mol. The minimum atomic E-state index is 0.496. The van der Waals surface area contributed by atoms with E-state index in [1.807, 2.05) is 6.26 Å². The SMILES string of the molecule is Brc1cccc(C(CNC2CC2)Cc2ccoc2)c1. The third-order valence-corrected chi connectivity index (χ3v) is 4.11. The van der Waals surface area contributed by atoms with Crippen LogP contribution < -0.4 is 5.32 Å². The van der Waals surface area contributed by atoms with Crippen LogP contribution in [0.3, 0.4) is 0 Å². The van der Waals surface area contributed by atoms with E-state index in [0.717, 1.165) is 23.5 Å². The molecule has 3 heteroatoms. The van der Waals surface area contributed by atoms with Crippen LogP contribution in [0.1, 0.15) is 29.9 Å². The lowest BCUT2D eigenvalue weighted by Crippen LogP contribution is -2.24. The topological polar surface area (TPSA) is 25.2 Å². The second kappa shape index (κ2) is 5.93. The quantitative estimate of drug-likeness (QED) is 0.866. The normalized spacial score (nSPS) is 16.5. The van der Waals surface area contributed by atoms with Crippen LogP contribution in [0.2, 0.25) is 0 Å². The molecule has 0 spiro atoms. The Morgan fingerprint density at radius 1 is 1.32 bits per heavy atom. The van der Waals surface area contributed by atoms with Gasteiger partial charge >= 0.3 is 0 Å². The highest BCUT2D eigenvalue weighted by molar-refractivity contribution is 9.10. The molecule has 1 aromatic carbocycles. The fraction of sp³-hybridized carbons (Fsp3) is 0.375. The van der Waals surface area contributed by atoms with E-state index >= 15 is 0 Å². The molecule has 2 nitrogen and oxygen atoms in total. The second-order valence-electron chi connectivity index (χ2n) is 5.27. The third-order valence-electron chi connectivity index (χ3n) is 3.61. The van der Waals surface area contributed by atoms with Crippen LogP contribution in [-0.4, -0.2) is 12.6 Å². The van der Waals surface area contributed by atoms with E-state index in [9.17, 15) is 0 Å². The summed E-state index contributed by atoms with van der Waals surface area (Å²) in [6.07, 6.45) is 7.28. The van der Waals surface area contributed by atoms with Crippen molar-refractivity contribution in [3.63, 3.8) is 0 Å². The zero-order valence-electron chi connectivity index (χ0n) is 10.8. The Balaban J connectivity index is 1.73. The Morgan fingerprint density at radius 3 is 2.89 bits per heavy atom. The van der Waals surface area contributed by atoms with Crippen LogP contribution in [0.25, 0.3) is 0 Å². The van der Waals surface area contributed by atoms with Gasteiger partial charge in [0, 0.05) is 23.0 Å². The first-order valence-corrected chi connectivity index (χ1v) is 7.60. The Kier molecular flexibility index (Phi) is 4.04. The van der Waals surface area contributed by atoms with Gasteiger partial charge in [0.25, 0.3) is 0 Å². The molecule has 0 saturated heterocycles. The lowest BCUT2D eigenvalue weighted by Gasteiger charge is -2.18. The van der Waals surface area contributed by atoms with Gasteiger partial charge in [0.1, 0.15) is 0 Å². The van der Waals surface area contributed by atoms with Crippen molar-refractivity contribution in [3.05, 3.63) is 58.5 Å². The summed E-state index contributed by atoms with van der Waals surface area (Å²) in [6.45, 7) is 1.03. The molecular formula is C16H18BrNO. The Labute approximate surface area is 122 Å². The number of rotatable bonds is 6. The number of benzene rings is 1. The average Bonchev–Trinajstić information content (AvgIpc) is 3.10. The fourth-order valence-corrected chi connectivity index (χ4v) is 2.78. The summed E-state index contributed by atoms with van der Waals surface area (Å²) in [6, 6.07) is 11.4. The van der Waals surface area contributed by atoms with Gasteiger partial charge in [-0.3, -0.25) is 0 Å². The van der Waals surface area contributed by atoms with Crippen molar-refractivity contribution in [2.45, 2.75) is 31.2 Å². The van der Waals surface area contributed by atoms with Gasteiger partial charge in [0.2, 0.25) is 0 Å². The fourth-order valence-electron chi connectivity index (χ4n) is 2.36. The van der Waals surface area contributed by atoms with Crippen molar-refractivity contribution < 1.29 is 4.42 Å². The molecular weight excluding hydrogens is 302 g/mol. The van der Waals surface area contributed by atoms with Gasteiger partial charge in [-0.1, -0.05) is 28.1 Å². The van der Waals surface area contributed by atoms with Gasteiger partial charge in [0.15, 0.2) is 0 Å². The van der Waals surface area contributed by atoms with Gasteiger partial charge in [0.05, 0.1) is 12.5 Å². The Morgan fingerprint density at radius 2 is 2.21 bits per heavy atom. The lowest BCUT2D eigenvalue weighted by molar-refractivity contribution is 0.551. The molecule has 1 aliphatic carbocycles. The third kappa shape index (κ3) is 3.71. The molecule has 1 aliphatic rings. The van der Waals surface area contributed by atoms with Crippen LogP contribution in [0.15, 0.2) is 51.7 Å². The maximum absolute atomic E-state index is 5.18. The zero-order chi connectivity index (χ0) is 13.1. The first-order chi connectivity index (χ1) is 9.31. The minimum absolute atomic E-state index is 0.496. The molecule has 1 fully saturated rings. The Hall–Kier alpha value is -1.06. The summed E-state index contributed by atoms with van der Waals surface area (Å²) in [5.41, 5.74) is 2.64. The van der Waals surface area contributed by atoms with Gasteiger partial charge in [-0.05, 0) is 48.6 Å². The molecule has 0 bridgehead atoms. The van der Waals surface area contributed by atoms with Crippen molar-refractivity contribution in [3.8, 4) is 0 Å². The van der Waals surface area contributed by atoms with E-state index in [0.29, 0.717) is 5.92 Å². The molecule has 1 unspecified atom stereocenters. The number of halogens is 1.